The Kier molecular flexibility index (Phi) is 2.10. The van der Waals surface area contributed by atoms with Gasteiger partial charge in [0.15, 0.2) is 0 Å². The monoisotopic (exact) mass is 179 g/mol. The standard InChI is InChI=1S/C8H13N5/c1-7-3-12(2)4-8(7)11-13-6-9-5-10-13/h5-7H,3-4H2,1-2H3/b11-8+. The topological polar surface area (TPSA) is 46.3 Å². The summed E-state index contributed by atoms with van der Waals surface area (Å²) in [5, 5.41) is 8.31. The fourth-order valence-electron chi connectivity index (χ4n) is 1.59. The summed E-state index contributed by atoms with van der Waals surface area (Å²) in [6.45, 7) is 4.19. The van der Waals surface area contributed by atoms with Gasteiger partial charge < -0.3 is 4.90 Å². The molecule has 0 bridgehead atoms. The molecule has 1 atom stereocenters. The highest BCUT2D eigenvalue weighted by Gasteiger charge is 2.22. The van der Waals surface area contributed by atoms with Gasteiger partial charge in [0.1, 0.15) is 12.7 Å². The Hall–Kier alpha value is -1.23. The number of nitrogens with zero attached hydrogens (tertiary/aromatic N) is 5. The van der Waals surface area contributed by atoms with Gasteiger partial charge in [-0.25, -0.2) is 4.98 Å². The molecular weight excluding hydrogens is 166 g/mol. The van der Waals surface area contributed by atoms with Gasteiger partial charge in [0.2, 0.25) is 0 Å². The third-order valence-electron chi connectivity index (χ3n) is 2.22. The second-order valence-electron chi connectivity index (χ2n) is 3.50. The largest absolute Gasteiger partial charge is 0.300 e. The van der Waals surface area contributed by atoms with Crippen molar-refractivity contribution < 1.29 is 0 Å². The van der Waals surface area contributed by atoms with E-state index in [2.05, 4.69) is 34.1 Å². The quantitative estimate of drug-likeness (QED) is 0.612. The van der Waals surface area contributed by atoms with Crippen LogP contribution in [0.4, 0.5) is 0 Å². The molecule has 5 heteroatoms. The van der Waals surface area contributed by atoms with E-state index in [1.165, 1.54) is 16.8 Å². The van der Waals surface area contributed by atoms with Crippen molar-refractivity contribution in [3.8, 4) is 0 Å². The van der Waals surface area contributed by atoms with Gasteiger partial charge in [0.05, 0.1) is 5.71 Å². The molecule has 2 heterocycles. The lowest BCUT2D eigenvalue weighted by atomic mass is 10.1. The zero-order chi connectivity index (χ0) is 9.26. The molecule has 2 rings (SSSR count). The molecule has 0 amide bonds. The predicted octanol–water partition coefficient (Wildman–Crippen LogP) is 0.0637. The first-order valence-corrected chi connectivity index (χ1v) is 4.36. The molecular formula is C8H13N5. The van der Waals surface area contributed by atoms with Crippen LogP contribution < -0.4 is 0 Å². The summed E-state index contributed by atoms with van der Waals surface area (Å²) in [4.78, 5) is 7.61. The molecule has 0 aromatic carbocycles. The molecule has 0 radical (unpaired) electrons. The summed E-state index contributed by atoms with van der Waals surface area (Å²) >= 11 is 0. The molecule has 1 unspecified atom stereocenters. The van der Waals surface area contributed by atoms with Crippen molar-refractivity contribution in [1.29, 1.82) is 0 Å². The smallest absolute Gasteiger partial charge is 0.139 e. The van der Waals surface area contributed by atoms with E-state index in [0.717, 1.165) is 13.1 Å². The van der Waals surface area contributed by atoms with Crippen LogP contribution in [0.25, 0.3) is 0 Å². The molecule has 70 valence electrons. The molecule has 1 aliphatic rings. The number of rotatable bonds is 1. The maximum Gasteiger partial charge on any atom is 0.139 e. The van der Waals surface area contributed by atoms with Crippen LogP contribution in [0.15, 0.2) is 17.8 Å². The van der Waals surface area contributed by atoms with E-state index >= 15 is 0 Å². The van der Waals surface area contributed by atoms with Crippen LogP contribution in [0.1, 0.15) is 6.92 Å². The van der Waals surface area contributed by atoms with E-state index in [0.29, 0.717) is 5.92 Å². The third-order valence-corrected chi connectivity index (χ3v) is 2.22. The van der Waals surface area contributed by atoms with Gasteiger partial charge in [-0.05, 0) is 7.05 Å². The lowest BCUT2D eigenvalue weighted by Crippen LogP contribution is -2.14. The molecule has 5 nitrogen and oxygen atoms in total. The van der Waals surface area contributed by atoms with Crippen LogP contribution in [0.2, 0.25) is 0 Å². The van der Waals surface area contributed by atoms with Gasteiger partial charge in [-0.15, -0.1) is 9.89 Å². The van der Waals surface area contributed by atoms with Crippen molar-refractivity contribution in [1.82, 2.24) is 19.8 Å². The Morgan fingerprint density at radius 3 is 3.00 bits per heavy atom. The SMILES string of the molecule is CC1CN(C)C/C1=N\n1cncn1. The average molecular weight is 179 g/mol. The molecule has 0 saturated carbocycles. The Bertz CT molecular complexity index is 302. The highest BCUT2D eigenvalue weighted by Crippen LogP contribution is 2.10. The van der Waals surface area contributed by atoms with Crippen molar-refractivity contribution in [2.24, 2.45) is 11.0 Å². The fraction of sp³-hybridized carbons (Fsp3) is 0.625. The Labute approximate surface area is 77.1 Å². The molecule has 1 aromatic rings. The van der Waals surface area contributed by atoms with Crippen molar-refractivity contribution >= 4 is 5.71 Å². The predicted molar refractivity (Wildman–Crippen MR) is 49.5 cm³/mol. The second kappa shape index (κ2) is 3.26. The van der Waals surface area contributed by atoms with Crippen molar-refractivity contribution in [2.45, 2.75) is 6.92 Å². The van der Waals surface area contributed by atoms with Crippen LogP contribution in [-0.2, 0) is 0 Å². The normalized spacial score (nSPS) is 27.2. The summed E-state index contributed by atoms with van der Waals surface area (Å²) in [6.07, 6.45) is 3.10. The first kappa shape index (κ1) is 8.37. The van der Waals surface area contributed by atoms with E-state index in [-0.39, 0.29) is 0 Å². The van der Waals surface area contributed by atoms with Gasteiger partial charge in [0, 0.05) is 19.0 Å². The van der Waals surface area contributed by atoms with Gasteiger partial charge in [-0.2, -0.15) is 5.10 Å². The van der Waals surface area contributed by atoms with E-state index in [1.54, 1.807) is 6.33 Å². The molecule has 0 aliphatic carbocycles. The molecule has 1 saturated heterocycles. The van der Waals surface area contributed by atoms with Gasteiger partial charge in [0.25, 0.3) is 0 Å². The van der Waals surface area contributed by atoms with Crippen LogP contribution in [-0.4, -0.2) is 45.6 Å². The molecule has 0 spiro atoms. The highest BCUT2D eigenvalue weighted by atomic mass is 15.5. The third kappa shape index (κ3) is 1.75. The van der Waals surface area contributed by atoms with Crippen LogP contribution >= 0.6 is 0 Å². The average Bonchev–Trinajstić information content (AvgIpc) is 2.63. The minimum absolute atomic E-state index is 0.522. The summed E-state index contributed by atoms with van der Waals surface area (Å²) < 4.78 is 0. The second-order valence-corrected chi connectivity index (χ2v) is 3.50. The molecule has 0 N–H and O–H groups in total. The zero-order valence-corrected chi connectivity index (χ0v) is 7.88. The summed E-state index contributed by atoms with van der Waals surface area (Å²) in [5.74, 6) is 0.522. The minimum Gasteiger partial charge on any atom is -0.300 e. The molecule has 1 aliphatic heterocycles. The van der Waals surface area contributed by atoms with Crippen molar-refractivity contribution in [2.75, 3.05) is 20.1 Å². The first-order valence-electron chi connectivity index (χ1n) is 4.36. The van der Waals surface area contributed by atoms with Crippen LogP contribution in [0.3, 0.4) is 0 Å². The number of hydrogen-bond donors (Lipinski definition) is 0. The number of likely N-dealkylation sites (tertiary alicyclic amines) is 1. The van der Waals surface area contributed by atoms with Gasteiger partial charge >= 0.3 is 0 Å². The zero-order valence-electron chi connectivity index (χ0n) is 7.88. The molecule has 13 heavy (non-hydrogen) atoms. The maximum absolute atomic E-state index is 4.37. The van der Waals surface area contributed by atoms with Crippen LogP contribution in [0.5, 0.6) is 0 Å². The minimum atomic E-state index is 0.522. The Morgan fingerprint density at radius 1 is 1.62 bits per heavy atom. The van der Waals surface area contributed by atoms with Gasteiger partial charge in [-0.1, -0.05) is 6.92 Å². The maximum atomic E-state index is 4.37. The Morgan fingerprint density at radius 2 is 2.46 bits per heavy atom. The number of hydrogen-bond acceptors (Lipinski definition) is 4. The molecule has 1 fully saturated rings. The van der Waals surface area contributed by atoms with Gasteiger partial charge in [-0.3, -0.25) is 0 Å². The number of aromatic nitrogens is 3. The van der Waals surface area contributed by atoms with E-state index < -0.39 is 0 Å². The van der Waals surface area contributed by atoms with Crippen molar-refractivity contribution in [3.05, 3.63) is 12.7 Å². The van der Waals surface area contributed by atoms with E-state index in [9.17, 15) is 0 Å². The lowest BCUT2D eigenvalue weighted by molar-refractivity contribution is 0.403. The lowest BCUT2D eigenvalue weighted by Gasteiger charge is -2.02. The summed E-state index contributed by atoms with van der Waals surface area (Å²) in [6, 6.07) is 0. The van der Waals surface area contributed by atoms with Crippen LogP contribution in [0, 0.1) is 5.92 Å². The molecule has 1 aromatic heterocycles. The highest BCUT2D eigenvalue weighted by molar-refractivity contribution is 5.90. The fourth-order valence-corrected chi connectivity index (χ4v) is 1.59. The van der Waals surface area contributed by atoms with Crippen molar-refractivity contribution in [3.63, 3.8) is 0 Å². The first-order chi connectivity index (χ1) is 6.25. The summed E-state index contributed by atoms with van der Waals surface area (Å²) in [7, 11) is 2.10. The van der Waals surface area contributed by atoms with E-state index in [1.807, 2.05) is 0 Å². The Balaban J connectivity index is 2.17. The van der Waals surface area contributed by atoms with E-state index in [4.69, 9.17) is 0 Å². The summed E-state index contributed by atoms with van der Waals surface area (Å²) in [5.41, 5.74) is 1.17.